The number of hydrogen-bond donors (Lipinski definition) is 1. The van der Waals surface area contributed by atoms with Crippen molar-refractivity contribution in [3.8, 4) is 11.8 Å². The highest BCUT2D eigenvalue weighted by Crippen LogP contribution is 1.87. The first-order valence-corrected chi connectivity index (χ1v) is 7.25. The van der Waals surface area contributed by atoms with Crippen LogP contribution in [0.3, 0.4) is 0 Å². The van der Waals surface area contributed by atoms with Gasteiger partial charge in [0.2, 0.25) is 0 Å². The lowest BCUT2D eigenvalue weighted by Gasteiger charge is -2.07. The van der Waals surface area contributed by atoms with Gasteiger partial charge in [0.05, 0.1) is 33.0 Å². The van der Waals surface area contributed by atoms with Gasteiger partial charge in [0.1, 0.15) is 0 Å². The molecular formula is C15H29NO3. The van der Waals surface area contributed by atoms with Crippen LogP contribution in [-0.4, -0.2) is 52.7 Å². The van der Waals surface area contributed by atoms with Gasteiger partial charge in [0.15, 0.2) is 0 Å². The number of ether oxygens (including phenoxy) is 3. The van der Waals surface area contributed by atoms with E-state index in [0.717, 1.165) is 39.1 Å². The molecule has 0 saturated carbocycles. The van der Waals surface area contributed by atoms with E-state index in [2.05, 4.69) is 24.1 Å². The third kappa shape index (κ3) is 17.4. The van der Waals surface area contributed by atoms with Gasteiger partial charge >= 0.3 is 0 Å². The summed E-state index contributed by atoms with van der Waals surface area (Å²) in [6.45, 7) is 9.98. The summed E-state index contributed by atoms with van der Waals surface area (Å²) in [6.07, 6.45) is 3.20. The minimum atomic E-state index is 0.637. The van der Waals surface area contributed by atoms with Crippen molar-refractivity contribution in [2.75, 3.05) is 52.7 Å². The van der Waals surface area contributed by atoms with Gasteiger partial charge in [-0.25, -0.2) is 0 Å². The highest BCUT2D eigenvalue weighted by atomic mass is 16.5. The molecule has 4 nitrogen and oxygen atoms in total. The summed E-state index contributed by atoms with van der Waals surface area (Å²) < 4.78 is 16.2. The van der Waals surface area contributed by atoms with E-state index in [4.69, 9.17) is 14.2 Å². The molecule has 0 bridgehead atoms. The lowest BCUT2D eigenvalue weighted by molar-refractivity contribution is 0.0147. The number of rotatable bonds is 14. The van der Waals surface area contributed by atoms with Gasteiger partial charge in [-0.05, 0) is 13.3 Å². The number of unbranched alkanes of at least 4 members (excludes halogenated alkanes) is 1. The van der Waals surface area contributed by atoms with Crippen LogP contribution in [0.25, 0.3) is 0 Å². The maximum absolute atomic E-state index is 5.42. The van der Waals surface area contributed by atoms with Gasteiger partial charge in [-0.1, -0.05) is 13.3 Å². The van der Waals surface area contributed by atoms with Crippen molar-refractivity contribution in [1.82, 2.24) is 5.32 Å². The molecule has 0 aliphatic rings. The van der Waals surface area contributed by atoms with Crippen LogP contribution in [0.1, 0.15) is 33.1 Å². The smallest absolute Gasteiger partial charge is 0.0701 e. The second-order valence-electron chi connectivity index (χ2n) is 4.12. The van der Waals surface area contributed by atoms with Crippen LogP contribution < -0.4 is 5.32 Å². The van der Waals surface area contributed by atoms with Gasteiger partial charge in [-0.15, -0.1) is 11.8 Å². The Labute approximate surface area is 118 Å². The largest absolute Gasteiger partial charge is 0.379 e. The Balaban J connectivity index is 2.92. The SMILES string of the molecule is CC#CCCNCCOCCOCCOCCCC. The fourth-order valence-corrected chi connectivity index (χ4v) is 1.33. The second kappa shape index (κ2) is 17.4. The molecule has 4 heteroatoms. The van der Waals surface area contributed by atoms with Crippen molar-refractivity contribution >= 4 is 0 Å². The summed E-state index contributed by atoms with van der Waals surface area (Å²) in [7, 11) is 0. The predicted molar refractivity (Wildman–Crippen MR) is 78.3 cm³/mol. The molecule has 0 amide bonds. The monoisotopic (exact) mass is 271 g/mol. The Morgan fingerprint density at radius 3 is 2.11 bits per heavy atom. The van der Waals surface area contributed by atoms with E-state index in [1.54, 1.807) is 0 Å². The summed E-state index contributed by atoms with van der Waals surface area (Å²) in [4.78, 5) is 0. The fourth-order valence-electron chi connectivity index (χ4n) is 1.33. The van der Waals surface area contributed by atoms with Crippen LogP contribution >= 0.6 is 0 Å². The van der Waals surface area contributed by atoms with Crippen molar-refractivity contribution in [2.45, 2.75) is 33.1 Å². The first-order valence-electron chi connectivity index (χ1n) is 7.25. The average Bonchev–Trinajstić information content (AvgIpc) is 2.43. The van der Waals surface area contributed by atoms with Gasteiger partial charge in [-0.2, -0.15) is 0 Å². The number of nitrogens with one attached hydrogen (secondary N) is 1. The molecule has 0 saturated heterocycles. The molecule has 1 N–H and O–H groups in total. The van der Waals surface area contributed by atoms with Gasteiger partial charge in [0.25, 0.3) is 0 Å². The van der Waals surface area contributed by atoms with Crippen molar-refractivity contribution in [3.63, 3.8) is 0 Å². The lowest BCUT2D eigenvalue weighted by atomic mass is 10.4. The first kappa shape index (κ1) is 18.4. The molecule has 0 unspecified atom stereocenters. The van der Waals surface area contributed by atoms with Crippen LogP contribution in [0, 0.1) is 11.8 Å². The molecule has 0 aromatic heterocycles. The molecule has 0 atom stereocenters. The normalized spacial score (nSPS) is 10.2. The Hall–Kier alpha value is -0.600. The highest BCUT2D eigenvalue weighted by Gasteiger charge is 1.91. The molecule has 0 fully saturated rings. The molecule has 112 valence electrons. The van der Waals surface area contributed by atoms with Crippen molar-refractivity contribution in [3.05, 3.63) is 0 Å². The summed E-state index contributed by atoms with van der Waals surface area (Å²) in [5, 5.41) is 3.26. The summed E-state index contributed by atoms with van der Waals surface area (Å²) in [5.74, 6) is 5.87. The fraction of sp³-hybridized carbons (Fsp3) is 0.867. The first-order chi connectivity index (χ1) is 9.41. The standard InChI is InChI=1S/C15H29NO3/c1-3-5-7-8-16-9-11-18-13-15-19-14-12-17-10-6-4-2/h16H,4,6-15H2,1-2H3. The van der Waals surface area contributed by atoms with Crippen LogP contribution in [0.4, 0.5) is 0 Å². The Morgan fingerprint density at radius 1 is 0.842 bits per heavy atom. The topological polar surface area (TPSA) is 39.7 Å². The van der Waals surface area contributed by atoms with E-state index < -0.39 is 0 Å². The Morgan fingerprint density at radius 2 is 1.47 bits per heavy atom. The third-order valence-electron chi connectivity index (χ3n) is 2.41. The van der Waals surface area contributed by atoms with E-state index in [9.17, 15) is 0 Å². The van der Waals surface area contributed by atoms with Crippen molar-refractivity contribution < 1.29 is 14.2 Å². The molecule has 19 heavy (non-hydrogen) atoms. The summed E-state index contributed by atoms with van der Waals surface area (Å²) in [5.41, 5.74) is 0. The summed E-state index contributed by atoms with van der Waals surface area (Å²) in [6, 6.07) is 0. The zero-order valence-electron chi connectivity index (χ0n) is 12.5. The maximum atomic E-state index is 5.42. The quantitative estimate of drug-likeness (QED) is 0.386. The molecule has 0 aromatic rings. The molecule has 0 aromatic carbocycles. The molecule has 0 rings (SSSR count). The predicted octanol–water partition coefficient (Wildman–Crippen LogP) is 1.84. The maximum Gasteiger partial charge on any atom is 0.0701 e. The molecule has 0 radical (unpaired) electrons. The van der Waals surface area contributed by atoms with Crippen LogP contribution in [-0.2, 0) is 14.2 Å². The van der Waals surface area contributed by atoms with E-state index >= 15 is 0 Å². The van der Waals surface area contributed by atoms with Gasteiger partial charge in [-0.3, -0.25) is 0 Å². The zero-order valence-corrected chi connectivity index (χ0v) is 12.5. The Kier molecular flexibility index (Phi) is 16.9. The third-order valence-corrected chi connectivity index (χ3v) is 2.41. The molecule has 0 aliphatic carbocycles. The van der Waals surface area contributed by atoms with Crippen LogP contribution in [0.2, 0.25) is 0 Å². The zero-order chi connectivity index (χ0) is 14.0. The highest BCUT2D eigenvalue weighted by molar-refractivity contribution is 4.94. The van der Waals surface area contributed by atoms with E-state index in [-0.39, 0.29) is 0 Å². The van der Waals surface area contributed by atoms with E-state index in [0.29, 0.717) is 26.4 Å². The van der Waals surface area contributed by atoms with Crippen molar-refractivity contribution in [2.24, 2.45) is 0 Å². The van der Waals surface area contributed by atoms with Crippen LogP contribution in [0.15, 0.2) is 0 Å². The minimum Gasteiger partial charge on any atom is -0.379 e. The van der Waals surface area contributed by atoms with E-state index in [1.165, 1.54) is 6.42 Å². The average molecular weight is 271 g/mol. The lowest BCUT2D eigenvalue weighted by Crippen LogP contribution is -2.21. The Bertz CT molecular complexity index is 223. The second-order valence-corrected chi connectivity index (χ2v) is 4.12. The van der Waals surface area contributed by atoms with Gasteiger partial charge < -0.3 is 19.5 Å². The number of hydrogen-bond acceptors (Lipinski definition) is 4. The molecular weight excluding hydrogens is 242 g/mol. The molecule has 0 spiro atoms. The van der Waals surface area contributed by atoms with Crippen molar-refractivity contribution in [1.29, 1.82) is 0 Å². The summed E-state index contributed by atoms with van der Waals surface area (Å²) >= 11 is 0. The molecule has 0 heterocycles. The molecule has 0 aliphatic heterocycles. The van der Waals surface area contributed by atoms with Gasteiger partial charge in [0, 0.05) is 26.1 Å². The van der Waals surface area contributed by atoms with Crippen LogP contribution in [0.5, 0.6) is 0 Å². The minimum absolute atomic E-state index is 0.637. The van der Waals surface area contributed by atoms with E-state index in [1.807, 2.05) is 6.92 Å².